The van der Waals surface area contributed by atoms with Crippen LogP contribution in [0.2, 0.25) is 0 Å². The van der Waals surface area contributed by atoms with Crippen LogP contribution in [0.1, 0.15) is 0 Å². The van der Waals surface area contributed by atoms with E-state index in [1.54, 1.807) is 0 Å². The third-order valence-corrected chi connectivity index (χ3v) is 3.70. The Morgan fingerprint density at radius 1 is 0.600 bits per heavy atom. The van der Waals surface area contributed by atoms with Gasteiger partial charge in [0.1, 0.15) is 0 Å². The largest absolute Gasteiger partial charge is 4.00 e. The van der Waals surface area contributed by atoms with Crippen LogP contribution >= 0.6 is 0 Å². The summed E-state index contributed by atoms with van der Waals surface area (Å²) in [5, 5.41) is 3.66. The molecule has 0 unspecified atom stereocenters. The Kier molecular flexibility index (Phi) is 11.5. The van der Waals surface area contributed by atoms with Gasteiger partial charge < -0.3 is 37.1 Å². The first-order chi connectivity index (χ1) is 9.92. The van der Waals surface area contributed by atoms with Gasteiger partial charge in [-0.05, 0) is 28.6 Å². The third kappa shape index (κ3) is 5.01. The van der Waals surface area contributed by atoms with Gasteiger partial charge in [0.05, 0.1) is 5.52 Å². The number of fused-ring (bicyclic) bond motifs is 3. The molecule has 0 radical (unpaired) electrons. The molecular weight excluding hydrogens is 536 g/mol. The number of hydrogen-bond donors (Lipinski definition) is 0. The first-order valence-electron chi connectivity index (χ1n) is 6.75. The number of nitrogens with zero attached hydrogens (tertiary/aromatic N) is 1. The molecule has 0 bridgehead atoms. The second-order valence-corrected chi connectivity index (χ2v) is 4.94. The molecule has 1 aromatic heterocycles. The number of halogens is 2. The summed E-state index contributed by atoms with van der Waals surface area (Å²) < 4.78 is 0. The average Bonchev–Trinajstić information content (AvgIpc) is 2.55. The molecule has 0 atom stereocenters. The van der Waals surface area contributed by atoms with E-state index in [0.717, 1.165) is 5.52 Å². The van der Waals surface area contributed by atoms with Crippen molar-refractivity contribution in [2.75, 3.05) is 0 Å². The minimum absolute atomic E-state index is 0. The van der Waals surface area contributed by atoms with Gasteiger partial charge in [0.2, 0.25) is 0 Å². The zero-order valence-corrected chi connectivity index (χ0v) is 17.0. The van der Waals surface area contributed by atoms with Crippen LogP contribution in [0.15, 0.2) is 79.0 Å². The molecule has 25 heavy (non-hydrogen) atoms. The number of rotatable bonds is 1. The van der Waals surface area contributed by atoms with E-state index in [1.807, 2.05) is 18.3 Å². The van der Waals surface area contributed by atoms with Gasteiger partial charge in [0.25, 0.3) is 0 Å². The summed E-state index contributed by atoms with van der Waals surface area (Å²) in [5.74, 6) is 0. The summed E-state index contributed by atoms with van der Waals surface area (Å²) in [6.45, 7) is 0. The van der Waals surface area contributed by atoms with Crippen LogP contribution < -0.4 is 24.8 Å². The first kappa shape index (κ1) is 25.8. The number of benzene rings is 3. The number of pyridine rings is 1. The fourth-order valence-electron chi connectivity index (χ4n) is 2.68. The topological polar surface area (TPSA) is 79.9 Å². The van der Waals surface area contributed by atoms with Crippen molar-refractivity contribution in [3.63, 3.8) is 0 Å². The molecule has 1 heterocycles. The van der Waals surface area contributed by atoms with E-state index in [1.165, 1.54) is 27.3 Å². The molecule has 0 spiro atoms. The molecule has 0 amide bonds. The smallest absolute Gasteiger partial charge is 1.00 e. The van der Waals surface area contributed by atoms with Crippen molar-refractivity contribution in [2.24, 2.45) is 0 Å². The van der Waals surface area contributed by atoms with Gasteiger partial charge in [0.15, 0.2) is 0 Å². The average molecular weight is 553 g/mol. The Morgan fingerprint density at radius 3 is 1.96 bits per heavy atom. The van der Waals surface area contributed by atoms with Gasteiger partial charge >= 0.3 is 21.1 Å². The second kappa shape index (κ2) is 11.2. The molecule has 4 rings (SSSR count). The molecule has 4 aromatic rings. The predicted octanol–water partition coefficient (Wildman–Crippen LogP) is 0.495. The van der Waals surface area contributed by atoms with Crippen molar-refractivity contribution in [3.05, 3.63) is 91.3 Å². The van der Waals surface area contributed by atoms with E-state index in [2.05, 4.69) is 65.6 Å². The number of aromatic nitrogens is 1. The van der Waals surface area contributed by atoms with E-state index >= 15 is 0 Å². The van der Waals surface area contributed by atoms with Crippen molar-refractivity contribution in [2.45, 2.75) is 0 Å². The molecule has 3 nitrogen and oxygen atoms in total. The van der Waals surface area contributed by atoms with Crippen LogP contribution in [-0.2, 0) is 21.1 Å². The van der Waals surface area contributed by atoms with Gasteiger partial charge in [-0.15, -0.1) is 0 Å². The van der Waals surface area contributed by atoms with Crippen LogP contribution in [0.4, 0.5) is 0 Å². The van der Waals surface area contributed by atoms with Crippen LogP contribution in [0, 0.1) is 0 Å². The van der Waals surface area contributed by atoms with Gasteiger partial charge in [-0.25, -0.2) is 0 Å². The van der Waals surface area contributed by atoms with Crippen LogP contribution in [0.5, 0.6) is 0 Å². The quantitative estimate of drug-likeness (QED) is 0.317. The fraction of sp³-hybridized carbons (Fsp3) is 0. The van der Waals surface area contributed by atoms with Crippen LogP contribution in [0.3, 0.4) is 0 Å². The summed E-state index contributed by atoms with van der Waals surface area (Å²) in [6, 6.07) is 25.3. The van der Waals surface area contributed by atoms with E-state index in [-0.39, 0.29) is 58.2 Å². The summed E-state index contributed by atoms with van der Waals surface area (Å²) in [4.78, 5) is 4.54. The Labute approximate surface area is 174 Å². The van der Waals surface area contributed by atoms with Gasteiger partial charge in [-0.2, -0.15) is 0 Å². The van der Waals surface area contributed by atoms with E-state index in [4.69, 9.17) is 0 Å². The molecule has 0 saturated carbocycles. The maximum atomic E-state index is 4.54. The normalized spacial score (nSPS) is 8.80. The maximum absolute atomic E-state index is 4.54. The first-order valence-corrected chi connectivity index (χ1v) is 6.75. The van der Waals surface area contributed by atoms with Crippen molar-refractivity contribution >= 4 is 21.7 Å². The summed E-state index contributed by atoms with van der Waals surface area (Å²) in [6.07, 6.45) is 1.96. The minimum atomic E-state index is 0. The Bertz CT molecular complexity index is 918. The SMILES string of the molecule is [Cl-].[Cl-].[NH2-].[NH2-].[Pt+4].c1ccc(-c2ccc3c(cnc4ccccc43)c2)cc1. The molecule has 132 valence electrons. The van der Waals surface area contributed by atoms with E-state index in [9.17, 15) is 0 Å². The molecular formula is C19H17Cl2N3Pt. The molecule has 0 aliphatic rings. The predicted molar refractivity (Wildman–Crippen MR) is 95.3 cm³/mol. The standard InChI is InChI=1S/C19H13N.2ClH.2H2N.Pt/c1-2-6-14(7-3-1)15-10-11-17-16(12-15)13-20-19-9-5-4-8-18(17)19;;;;;/h1-13H;2*1H;2*1H2;/q;;;2*-1;+4/p-2. The van der Waals surface area contributed by atoms with E-state index in [0.29, 0.717) is 0 Å². The summed E-state index contributed by atoms with van der Waals surface area (Å²) in [7, 11) is 0. The molecule has 0 saturated heterocycles. The minimum Gasteiger partial charge on any atom is -1.00 e. The molecule has 0 aliphatic carbocycles. The summed E-state index contributed by atoms with van der Waals surface area (Å²) in [5.41, 5.74) is 3.52. The Hall–Kier alpha value is -1.48. The molecule has 0 aliphatic heterocycles. The van der Waals surface area contributed by atoms with Gasteiger partial charge in [0, 0.05) is 17.0 Å². The van der Waals surface area contributed by atoms with Crippen molar-refractivity contribution < 1.29 is 45.9 Å². The Morgan fingerprint density at radius 2 is 1.24 bits per heavy atom. The van der Waals surface area contributed by atoms with Crippen molar-refractivity contribution in [3.8, 4) is 11.1 Å². The van der Waals surface area contributed by atoms with Crippen LogP contribution in [0.25, 0.3) is 45.1 Å². The summed E-state index contributed by atoms with van der Waals surface area (Å²) >= 11 is 0. The Balaban J connectivity index is 0. The zero-order chi connectivity index (χ0) is 13.4. The van der Waals surface area contributed by atoms with Crippen molar-refractivity contribution in [1.29, 1.82) is 0 Å². The monoisotopic (exact) mass is 552 g/mol. The fourth-order valence-corrected chi connectivity index (χ4v) is 2.68. The number of para-hydroxylation sites is 1. The van der Waals surface area contributed by atoms with Crippen molar-refractivity contribution in [1.82, 2.24) is 4.98 Å². The second-order valence-electron chi connectivity index (χ2n) is 4.94. The van der Waals surface area contributed by atoms with Gasteiger partial charge in [-0.1, -0.05) is 60.7 Å². The molecule has 4 N–H and O–H groups in total. The van der Waals surface area contributed by atoms with E-state index < -0.39 is 0 Å². The molecule has 6 heteroatoms. The number of nitrogens with two attached hydrogens (primary N) is 2. The van der Waals surface area contributed by atoms with Crippen LogP contribution in [-0.4, -0.2) is 4.98 Å². The molecule has 3 aromatic carbocycles. The number of hydrogen-bond acceptors (Lipinski definition) is 1. The van der Waals surface area contributed by atoms with Gasteiger partial charge in [-0.3, -0.25) is 4.98 Å². The maximum Gasteiger partial charge on any atom is 4.00 e. The zero-order valence-electron chi connectivity index (χ0n) is 13.2. The molecule has 0 fully saturated rings. The third-order valence-electron chi connectivity index (χ3n) is 3.70.